The number of carbonyl (C=O) groups is 2. The molecule has 2 aromatic rings. The average molecular weight is 397 g/mol. The first-order valence-electron chi connectivity index (χ1n) is 9.84. The van der Waals surface area contributed by atoms with Crippen molar-refractivity contribution in [1.29, 1.82) is 0 Å². The maximum Gasteiger partial charge on any atom is 0.318 e. The molecule has 1 atom stereocenters. The second kappa shape index (κ2) is 9.93. The average Bonchev–Trinajstić information content (AvgIpc) is 3.09. The Labute approximate surface area is 170 Å². The molecular weight excluding hydrogens is 370 g/mol. The van der Waals surface area contributed by atoms with Crippen LogP contribution in [0.1, 0.15) is 18.9 Å². The fourth-order valence-corrected chi connectivity index (χ4v) is 3.39. The molecular formula is C22H27N3O4. The highest BCUT2D eigenvalue weighted by Gasteiger charge is 2.32. The fourth-order valence-electron chi connectivity index (χ4n) is 3.39. The molecule has 7 nitrogen and oxygen atoms in total. The second-order valence-corrected chi connectivity index (χ2v) is 6.91. The molecule has 1 aliphatic heterocycles. The summed E-state index contributed by atoms with van der Waals surface area (Å²) in [4.78, 5) is 28.4. The zero-order valence-corrected chi connectivity index (χ0v) is 16.6. The number of nitrogens with zero attached hydrogens (tertiary/aromatic N) is 2. The molecule has 7 heteroatoms. The lowest BCUT2D eigenvalue weighted by Crippen LogP contribution is -2.46. The van der Waals surface area contributed by atoms with E-state index in [1.54, 1.807) is 9.80 Å². The molecule has 1 heterocycles. The Morgan fingerprint density at radius 2 is 1.93 bits per heavy atom. The first-order valence-corrected chi connectivity index (χ1v) is 9.84. The number of hydrogen-bond donors (Lipinski definition) is 2. The molecule has 0 radical (unpaired) electrons. The maximum absolute atomic E-state index is 12.7. The minimum atomic E-state index is -0.283. The van der Waals surface area contributed by atoms with Gasteiger partial charge in [0.1, 0.15) is 5.75 Å². The van der Waals surface area contributed by atoms with Gasteiger partial charge in [0, 0.05) is 31.7 Å². The number of aliphatic hydroxyl groups excluding tert-OH is 1. The molecule has 3 rings (SSSR count). The lowest BCUT2D eigenvalue weighted by Gasteiger charge is -2.24. The van der Waals surface area contributed by atoms with E-state index in [0.29, 0.717) is 19.7 Å². The van der Waals surface area contributed by atoms with E-state index < -0.39 is 0 Å². The second-order valence-electron chi connectivity index (χ2n) is 6.91. The fraction of sp³-hybridized carbons (Fsp3) is 0.364. The van der Waals surface area contributed by atoms with E-state index in [2.05, 4.69) is 5.32 Å². The molecule has 2 aromatic carbocycles. The van der Waals surface area contributed by atoms with Crippen molar-refractivity contribution < 1.29 is 19.4 Å². The number of rotatable bonds is 8. The van der Waals surface area contributed by atoms with E-state index in [9.17, 15) is 14.7 Å². The van der Waals surface area contributed by atoms with Gasteiger partial charge in [0.15, 0.2) is 0 Å². The van der Waals surface area contributed by atoms with Gasteiger partial charge in [0.05, 0.1) is 19.3 Å². The van der Waals surface area contributed by atoms with Gasteiger partial charge in [-0.3, -0.25) is 4.79 Å². The quantitative estimate of drug-likeness (QED) is 0.717. The first kappa shape index (κ1) is 20.7. The summed E-state index contributed by atoms with van der Waals surface area (Å²) < 4.78 is 5.44. The van der Waals surface area contributed by atoms with Gasteiger partial charge in [-0.25, -0.2) is 4.79 Å². The van der Waals surface area contributed by atoms with E-state index in [0.717, 1.165) is 17.0 Å². The van der Waals surface area contributed by atoms with Crippen LogP contribution in [0, 0.1) is 0 Å². The number of benzene rings is 2. The number of anilines is 1. The van der Waals surface area contributed by atoms with Crippen LogP contribution in [-0.2, 0) is 11.3 Å². The van der Waals surface area contributed by atoms with Crippen LogP contribution >= 0.6 is 0 Å². The summed E-state index contributed by atoms with van der Waals surface area (Å²) in [5, 5.41) is 12.3. The van der Waals surface area contributed by atoms with Crippen LogP contribution in [0.2, 0.25) is 0 Å². The minimum absolute atomic E-state index is 0.0313. The van der Waals surface area contributed by atoms with Gasteiger partial charge in [0.25, 0.3) is 0 Å². The summed E-state index contributed by atoms with van der Waals surface area (Å²) in [5.41, 5.74) is 1.77. The molecule has 2 N–H and O–H groups in total. The van der Waals surface area contributed by atoms with Crippen molar-refractivity contribution in [2.45, 2.75) is 25.9 Å². The number of ether oxygens (including phenoxy) is 1. The Kier molecular flexibility index (Phi) is 7.08. The van der Waals surface area contributed by atoms with Crippen molar-refractivity contribution in [3.63, 3.8) is 0 Å². The molecule has 1 saturated heterocycles. The molecule has 154 valence electrons. The topological polar surface area (TPSA) is 82.1 Å². The molecule has 1 fully saturated rings. The van der Waals surface area contributed by atoms with E-state index in [4.69, 9.17) is 4.74 Å². The summed E-state index contributed by atoms with van der Waals surface area (Å²) in [6.07, 6.45) is 0.247. The van der Waals surface area contributed by atoms with Crippen LogP contribution in [0.4, 0.5) is 10.5 Å². The molecule has 29 heavy (non-hydrogen) atoms. The van der Waals surface area contributed by atoms with E-state index in [1.807, 2.05) is 61.5 Å². The first-order chi connectivity index (χ1) is 14.1. The van der Waals surface area contributed by atoms with Crippen LogP contribution in [-0.4, -0.2) is 54.3 Å². The number of amides is 3. The summed E-state index contributed by atoms with van der Waals surface area (Å²) in [5.74, 6) is 0.726. The maximum atomic E-state index is 12.7. The van der Waals surface area contributed by atoms with Gasteiger partial charge < -0.3 is 25.0 Å². The third-order valence-corrected chi connectivity index (χ3v) is 4.79. The Morgan fingerprint density at radius 1 is 1.21 bits per heavy atom. The van der Waals surface area contributed by atoms with Gasteiger partial charge in [0.2, 0.25) is 5.91 Å². The van der Waals surface area contributed by atoms with Crippen molar-refractivity contribution in [2.75, 3.05) is 31.2 Å². The monoisotopic (exact) mass is 397 g/mol. The van der Waals surface area contributed by atoms with Crippen molar-refractivity contribution >= 4 is 17.6 Å². The van der Waals surface area contributed by atoms with Crippen LogP contribution in [0.15, 0.2) is 54.6 Å². The van der Waals surface area contributed by atoms with Crippen molar-refractivity contribution in [2.24, 2.45) is 0 Å². The molecule has 0 unspecified atom stereocenters. The van der Waals surface area contributed by atoms with Crippen molar-refractivity contribution in [3.8, 4) is 5.75 Å². The Morgan fingerprint density at radius 3 is 2.59 bits per heavy atom. The van der Waals surface area contributed by atoms with Gasteiger partial charge in [-0.1, -0.05) is 30.3 Å². The highest BCUT2D eigenvalue weighted by molar-refractivity contribution is 5.96. The molecule has 0 aromatic heterocycles. The smallest absolute Gasteiger partial charge is 0.318 e. The normalized spacial score (nSPS) is 16.0. The van der Waals surface area contributed by atoms with Crippen molar-refractivity contribution in [3.05, 3.63) is 60.2 Å². The third-order valence-electron chi connectivity index (χ3n) is 4.79. The molecule has 3 amide bonds. The number of carbonyl (C=O) groups excluding carboxylic acids is 2. The zero-order valence-electron chi connectivity index (χ0n) is 16.6. The highest BCUT2D eigenvalue weighted by atomic mass is 16.5. The number of nitrogens with one attached hydrogen (secondary N) is 1. The summed E-state index contributed by atoms with van der Waals surface area (Å²) in [6, 6.07) is 16.4. The Balaban J connectivity index is 1.60. The van der Waals surface area contributed by atoms with Crippen molar-refractivity contribution in [1.82, 2.24) is 10.2 Å². The van der Waals surface area contributed by atoms with Crippen LogP contribution in [0.25, 0.3) is 0 Å². The predicted molar refractivity (Wildman–Crippen MR) is 111 cm³/mol. The molecule has 0 bridgehead atoms. The summed E-state index contributed by atoms with van der Waals surface area (Å²) in [7, 11) is 0. The third kappa shape index (κ3) is 5.48. The Bertz CT molecular complexity index is 811. The van der Waals surface area contributed by atoms with Gasteiger partial charge in [-0.05, 0) is 36.8 Å². The highest BCUT2D eigenvalue weighted by Crippen LogP contribution is 2.24. The van der Waals surface area contributed by atoms with Gasteiger partial charge >= 0.3 is 6.03 Å². The van der Waals surface area contributed by atoms with Crippen LogP contribution in [0.3, 0.4) is 0 Å². The number of urea groups is 1. The largest absolute Gasteiger partial charge is 0.494 e. The van der Waals surface area contributed by atoms with Gasteiger partial charge in [-0.15, -0.1) is 0 Å². The SMILES string of the molecule is CCOc1ccc(N2C[C@H](NC(=O)N(CCO)Cc3ccccc3)CC2=O)cc1. The Hall–Kier alpha value is -3.06. The molecule has 0 spiro atoms. The zero-order chi connectivity index (χ0) is 20.6. The van der Waals surface area contributed by atoms with Gasteiger partial charge in [-0.2, -0.15) is 0 Å². The summed E-state index contributed by atoms with van der Waals surface area (Å²) >= 11 is 0. The molecule has 0 aliphatic carbocycles. The number of aliphatic hydroxyl groups is 1. The molecule has 1 aliphatic rings. The van der Waals surface area contributed by atoms with E-state index in [-0.39, 0.29) is 37.6 Å². The van der Waals surface area contributed by atoms with E-state index in [1.165, 1.54) is 0 Å². The molecule has 0 saturated carbocycles. The summed E-state index contributed by atoms with van der Waals surface area (Å²) in [6.45, 7) is 3.42. The lowest BCUT2D eigenvalue weighted by atomic mass is 10.2. The standard InChI is InChI=1S/C22H27N3O4/c1-2-29-20-10-8-19(9-11-20)25-16-18(14-21(25)27)23-22(28)24(12-13-26)15-17-6-4-3-5-7-17/h3-11,18,26H,2,12-16H2,1H3,(H,23,28)/t18-/m1/s1. The lowest BCUT2D eigenvalue weighted by molar-refractivity contribution is -0.117. The van der Waals surface area contributed by atoms with E-state index >= 15 is 0 Å². The predicted octanol–water partition coefficient (Wildman–Crippen LogP) is 2.39. The van der Waals surface area contributed by atoms with Crippen LogP contribution < -0.4 is 15.0 Å². The number of hydrogen-bond acceptors (Lipinski definition) is 4. The van der Waals surface area contributed by atoms with Crippen LogP contribution in [0.5, 0.6) is 5.75 Å². The minimum Gasteiger partial charge on any atom is -0.494 e.